The van der Waals surface area contributed by atoms with E-state index in [9.17, 15) is 8.42 Å². The summed E-state index contributed by atoms with van der Waals surface area (Å²) in [5.41, 5.74) is 1.00. The van der Waals surface area contributed by atoms with Crippen molar-refractivity contribution >= 4 is 10.0 Å². The van der Waals surface area contributed by atoms with Gasteiger partial charge in [-0.05, 0) is 54.8 Å². The van der Waals surface area contributed by atoms with E-state index in [-0.39, 0.29) is 6.04 Å². The van der Waals surface area contributed by atoms with Crippen LogP contribution in [0.4, 0.5) is 0 Å². The fourth-order valence-corrected chi connectivity index (χ4v) is 5.09. The molecule has 2 aromatic carbocycles. The van der Waals surface area contributed by atoms with Crippen LogP contribution in [0, 0.1) is 0 Å². The van der Waals surface area contributed by atoms with Crippen molar-refractivity contribution in [3.8, 4) is 11.5 Å². The number of hydrogen-bond acceptors (Lipinski definition) is 4. The van der Waals surface area contributed by atoms with Crippen molar-refractivity contribution in [2.75, 3.05) is 20.8 Å². The molecule has 26 heavy (non-hydrogen) atoms. The summed E-state index contributed by atoms with van der Waals surface area (Å²) in [6.07, 6.45) is 3.76. The third-order valence-corrected chi connectivity index (χ3v) is 6.79. The van der Waals surface area contributed by atoms with Crippen molar-refractivity contribution in [3.63, 3.8) is 0 Å². The van der Waals surface area contributed by atoms with Gasteiger partial charge in [-0.3, -0.25) is 0 Å². The number of nitrogens with zero attached hydrogens (tertiary/aromatic N) is 1. The van der Waals surface area contributed by atoms with E-state index < -0.39 is 10.0 Å². The lowest BCUT2D eigenvalue weighted by molar-refractivity contribution is 0.328. The van der Waals surface area contributed by atoms with Crippen LogP contribution >= 0.6 is 0 Å². The Labute approximate surface area is 155 Å². The minimum Gasteiger partial charge on any atom is -0.497 e. The molecule has 0 spiro atoms. The third-order valence-electron chi connectivity index (χ3n) is 4.87. The molecular weight excluding hydrogens is 350 g/mol. The molecule has 1 heterocycles. The van der Waals surface area contributed by atoms with E-state index in [1.165, 1.54) is 0 Å². The van der Waals surface area contributed by atoms with Crippen molar-refractivity contribution in [3.05, 3.63) is 54.1 Å². The maximum Gasteiger partial charge on any atom is 0.243 e. The molecule has 0 amide bonds. The van der Waals surface area contributed by atoms with Crippen LogP contribution in [0.3, 0.4) is 0 Å². The van der Waals surface area contributed by atoms with Crippen molar-refractivity contribution in [2.45, 2.75) is 36.6 Å². The number of ether oxygens (including phenoxy) is 2. The summed E-state index contributed by atoms with van der Waals surface area (Å²) in [4.78, 5) is 0.304. The highest BCUT2D eigenvalue weighted by molar-refractivity contribution is 7.89. The molecular formula is C20H25NO4S. The van der Waals surface area contributed by atoms with Crippen molar-refractivity contribution in [2.24, 2.45) is 0 Å². The van der Waals surface area contributed by atoms with Gasteiger partial charge in [0.05, 0.1) is 25.2 Å². The first-order chi connectivity index (χ1) is 12.6. The molecule has 2 aromatic rings. The highest BCUT2D eigenvalue weighted by Crippen LogP contribution is 2.35. The average molecular weight is 375 g/mol. The van der Waals surface area contributed by atoms with Gasteiger partial charge < -0.3 is 9.47 Å². The molecule has 1 atom stereocenters. The molecule has 3 rings (SSSR count). The Hall–Kier alpha value is -2.05. The molecule has 0 radical (unpaired) electrons. The summed E-state index contributed by atoms with van der Waals surface area (Å²) in [7, 11) is -0.383. The predicted octanol–water partition coefficient (Wildman–Crippen LogP) is 4.01. The molecule has 0 unspecified atom stereocenters. The Kier molecular flexibility index (Phi) is 5.84. The zero-order chi connectivity index (χ0) is 18.6. The fourth-order valence-electron chi connectivity index (χ4n) is 3.41. The number of methoxy groups -OCH3 is 2. The van der Waals surface area contributed by atoms with Gasteiger partial charge in [0.1, 0.15) is 11.5 Å². The van der Waals surface area contributed by atoms with Gasteiger partial charge in [0, 0.05) is 6.54 Å². The SMILES string of the molecule is COc1ccc([C@@H]2CCCCCN2S(=O)(=O)c2ccc(OC)cc2)cc1. The van der Waals surface area contributed by atoms with Crippen LogP contribution in [0.2, 0.25) is 0 Å². The molecule has 1 aliphatic rings. The first-order valence-electron chi connectivity index (χ1n) is 8.86. The van der Waals surface area contributed by atoms with Crippen molar-refractivity contribution in [1.29, 1.82) is 0 Å². The highest BCUT2D eigenvalue weighted by atomic mass is 32.2. The maximum atomic E-state index is 13.3. The first kappa shape index (κ1) is 18.7. The van der Waals surface area contributed by atoms with Crippen molar-refractivity contribution < 1.29 is 17.9 Å². The second kappa shape index (κ2) is 8.10. The Bertz CT molecular complexity index is 816. The van der Waals surface area contributed by atoms with Gasteiger partial charge in [-0.15, -0.1) is 0 Å². The monoisotopic (exact) mass is 375 g/mol. The quantitative estimate of drug-likeness (QED) is 0.792. The summed E-state index contributed by atoms with van der Waals surface area (Å²) in [6, 6.07) is 14.2. The molecule has 1 saturated heterocycles. The second-order valence-corrected chi connectivity index (χ2v) is 8.32. The molecule has 0 saturated carbocycles. The average Bonchev–Trinajstić information content (AvgIpc) is 2.95. The van der Waals surface area contributed by atoms with Gasteiger partial charge in [0.15, 0.2) is 0 Å². The molecule has 140 valence electrons. The number of sulfonamides is 1. The Morgan fingerprint density at radius 3 is 2.00 bits per heavy atom. The van der Waals surface area contributed by atoms with Gasteiger partial charge in [-0.25, -0.2) is 8.42 Å². The van der Waals surface area contributed by atoms with Gasteiger partial charge in [-0.1, -0.05) is 25.0 Å². The Balaban J connectivity index is 1.96. The second-order valence-electron chi connectivity index (χ2n) is 6.43. The number of rotatable bonds is 5. The highest BCUT2D eigenvalue weighted by Gasteiger charge is 2.33. The number of hydrogen-bond donors (Lipinski definition) is 0. The zero-order valence-corrected chi connectivity index (χ0v) is 16.0. The lowest BCUT2D eigenvalue weighted by Crippen LogP contribution is -2.34. The van der Waals surface area contributed by atoms with Gasteiger partial charge in [0.25, 0.3) is 0 Å². The van der Waals surface area contributed by atoms with E-state index in [4.69, 9.17) is 9.47 Å². The fraction of sp³-hybridized carbons (Fsp3) is 0.400. The van der Waals surface area contributed by atoms with E-state index in [0.717, 1.165) is 37.0 Å². The smallest absolute Gasteiger partial charge is 0.243 e. The van der Waals surface area contributed by atoms with E-state index in [1.807, 2.05) is 24.3 Å². The summed E-state index contributed by atoms with van der Waals surface area (Å²) >= 11 is 0. The predicted molar refractivity (Wildman–Crippen MR) is 101 cm³/mol. The van der Waals surface area contributed by atoms with E-state index in [2.05, 4.69) is 0 Å². The minimum atomic E-state index is -3.58. The topological polar surface area (TPSA) is 55.8 Å². The zero-order valence-electron chi connectivity index (χ0n) is 15.2. The lowest BCUT2D eigenvalue weighted by Gasteiger charge is -2.29. The van der Waals surface area contributed by atoms with Crippen LogP contribution in [0.25, 0.3) is 0 Å². The minimum absolute atomic E-state index is 0.157. The van der Waals surface area contributed by atoms with E-state index in [1.54, 1.807) is 42.8 Å². The van der Waals surface area contributed by atoms with Crippen molar-refractivity contribution in [1.82, 2.24) is 4.31 Å². The number of benzene rings is 2. The lowest BCUT2D eigenvalue weighted by atomic mass is 10.0. The van der Waals surface area contributed by atoms with Gasteiger partial charge in [-0.2, -0.15) is 4.31 Å². The van der Waals surface area contributed by atoms with Crippen LogP contribution in [-0.4, -0.2) is 33.5 Å². The summed E-state index contributed by atoms with van der Waals surface area (Å²) in [5.74, 6) is 1.42. The summed E-state index contributed by atoms with van der Waals surface area (Å²) in [5, 5.41) is 0. The Morgan fingerprint density at radius 2 is 1.42 bits per heavy atom. The Morgan fingerprint density at radius 1 is 0.846 bits per heavy atom. The first-order valence-corrected chi connectivity index (χ1v) is 10.3. The van der Waals surface area contributed by atoms with Gasteiger partial charge in [0.2, 0.25) is 10.0 Å². The van der Waals surface area contributed by atoms with Crippen LogP contribution in [-0.2, 0) is 10.0 Å². The standard InChI is InChI=1S/C20H25NO4S/c1-24-17-9-7-16(8-10-17)20-6-4-3-5-15-21(20)26(22,23)19-13-11-18(25-2)12-14-19/h7-14,20H,3-6,15H2,1-2H3/t20-/m0/s1. The normalized spacial score (nSPS) is 18.9. The van der Waals surface area contributed by atoms with E-state index in [0.29, 0.717) is 17.2 Å². The van der Waals surface area contributed by atoms with Crippen LogP contribution in [0.1, 0.15) is 37.3 Å². The summed E-state index contributed by atoms with van der Waals surface area (Å²) < 4.78 is 38.6. The molecule has 0 aromatic heterocycles. The van der Waals surface area contributed by atoms with Crippen LogP contribution in [0.15, 0.2) is 53.4 Å². The van der Waals surface area contributed by atoms with Gasteiger partial charge >= 0.3 is 0 Å². The maximum absolute atomic E-state index is 13.3. The molecule has 0 aliphatic carbocycles. The summed E-state index contributed by atoms with van der Waals surface area (Å²) in [6.45, 7) is 0.533. The molecule has 0 N–H and O–H groups in total. The molecule has 1 fully saturated rings. The molecule has 6 heteroatoms. The van der Waals surface area contributed by atoms with E-state index >= 15 is 0 Å². The molecule has 5 nitrogen and oxygen atoms in total. The molecule has 1 aliphatic heterocycles. The third kappa shape index (κ3) is 3.86. The molecule has 0 bridgehead atoms. The van der Waals surface area contributed by atoms with Crippen LogP contribution < -0.4 is 9.47 Å². The van der Waals surface area contributed by atoms with Crippen LogP contribution in [0.5, 0.6) is 11.5 Å². The largest absolute Gasteiger partial charge is 0.497 e.